The molecule has 0 saturated carbocycles. The molecule has 0 heterocycles. The van der Waals surface area contributed by atoms with Gasteiger partial charge in [0.25, 0.3) is 0 Å². The maximum atomic E-state index is 13.5. The van der Waals surface area contributed by atoms with Crippen LogP contribution in [-0.2, 0) is 0 Å². The highest BCUT2D eigenvalue weighted by Crippen LogP contribution is 2.16. The van der Waals surface area contributed by atoms with Crippen molar-refractivity contribution in [2.45, 2.75) is 20.8 Å². The van der Waals surface area contributed by atoms with Crippen molar-refractivity contribution in [2.75, 3.05) is 0 Å². The Kier molecular flexibility index (Phi) is 5.75. The van der Waals surface area contributed by atoms with Gasteiger partial charge in [0.05, 0.1) is 6.20 Å². The third-order valence-corrected chi connectivity index (χ3v) is 2.08. The standard InChI is InChI=1S/C14H18FN3O/c1-10(2)8-14(17-9-11(3)18-16)19-13-7-5-4-6-12(13)15/h4-9,18H,16H2,1-3H3/b11-9+,17-14?. The van der Waals surface area contributed by atoms with Crippen LogP contribution in [0.5, 0.6) is 5.75 Å². The number of para-hydroxylation sites is 1. The van der Waals surface area contributed by atoms with Gasteiger partial charge in [0.15, 0.2) is 11.6 Å². The molecule has 0 aliphatic heterocycles. The zero-order chi connectivity index (χ0) is 14.3. The summed E-state index contributed by atoms with van der Waals surface area (Å²) in [5.74, 6) is 5.22. The summed E-state index contributed by atoms with van der Waals surface area (Å²) >= 11 is 0. The van der Waals surface area contributed by atoms with E-state index in [0.29, 0.717) is 11.6 Å². The molecule has 0 aromatic heterocycles. The second-order valence-electron chi connectivity index (χ2n) is 4.18. The Morgan fingerprint density at radius 1 is 1.32 bits per heavy atom. The van der Waals surface area contributed by atoms with Gasteiger partial charge >= 0.3 is 0 Å². The predicted octanol–water partition coefficient (Wildman–Crippen LogP) is 2.89. The van der Waals surface area contributed by atoms with Gasteiger partial charge in [0, 0.05) is 5.70 Å². The van der Waals surface area contributed by atoms with E-state index in [4.69, 9.17) is 10.6 Å². The maximum absolute atomic E-state index is 13.5. The summed E-state index contributed by atoms with van der Waals surface area (Å²) < 4.78 is 18.9. The molecule has 19 heavy (non-hydrogen) atoms. The number of halogens is 1. The van der Waals surface area contributed by atoms with Crippen LogP contribution < -0.4 is 16.0 Å². The number of rotatable bonds is 4. The Balaban J connectivity index is 3.00. The van der Waals surface area contributed by atoms with Crippen LogP contribution in [0.4, 0.5) is 4.39 Å². The number of nitrogens with zero attached hydrogens (tertiary/aromatic N) is 1. The van der Waals surface area contributed by atoms with Crippen molar-refractivity contribution < 1.29 is 9.13 Å². The quantitative estimate of drug-likeness (QED) is 0.380. The van der Waals surface area contributed by atoms with Gasteiger partial charge in [-0.1, -0.05) is 17.7 Å². The lowest BCUT2D eigenvalue weighted by atomic mass is 10.3. The van der Waals surface area contributed by atoms with E-state index < -0.39 is 5.82 Å². The fraction of sp³-hybridized carbons (Fsp3) is 0.214. The van der Waals surface area contributed by atoms with E-state index in [1.807, 2.05) is 13.8 Å². The summed E-state index contributed by atoms with van der Waals surface area (Å²) in [6.07, 6.45) is 3.22. The Morgan fingerprint density at radius 3 is 2.58 bits per heavy atom. The Labute approximate surface area is 112 Å². The van der Waals surface area contributed by atoms with Crippen LogP contribution in [0.15, 0.2) is 52.8 Å². The van der Waals surface area contributed by atoms with E-state index in [0.717, 1.165) is 5.57 Å². The molecule has 0 aliphatic carbocycles. The Morgan fingerprint density at radius 2 is 2.00 bits per heavy atom. The van der Waals surface area contributed by atoms with Gasteiger partial charge in [-0.15, -0.1) is 0 Å². The normalized spacial score (nSPS) is 12.1. The molecule has 3 N–H and O–H groups in total. The number of nitrogens with two attached hydrogens (primary N) is 1. The minimum atomic E-state index is -0.435. The summed E-state index contributed by atoms with van der Waals surface area (Å²) in [6.45, 7) is 5.56. The fourth-order valence-electron chi connectivity index (χ4n) is 1.18. The van der Waals surface area contributed by atoms with Crippen molar-refractivity contribution in [1.29, 1.82) is 0 Å². The Bertz CT molecular complexity index is 517. The number of benzene rings is 1. The highest BCUT2D eigenvalue weighted by Gasteiger charge is 2.04. The molecule has 0 atom stereocenters. The van der Waals surface area contributed by atoms with Crippen LogP contribution in [0.25, 0.3) is 0 Å². The third-order valence-electron chi connectivity index (χ3n) is 2.08. The summed E-state index contributed by atoms with van der Waals surface area (Å²) in [5.41, 5.74) is 4.10. The largest absolute Gasteiger partial charge is 0.436 e. The van der Waals surface area contributed by atoms with E-state index in [2.05, 4.69) is 10.4 Å². The third kappa shape index (κ3) is 5.35. The highest BCUT2D eigenvalue weighted by atomic mass is 19.1. The van der Waals surface area contributed by atoms with Crippen molar-refractivity contribution in [3.63, 3.8) is 0 Å². The first kappa shape index (κ1) is 14.9. The molecule has 1 rings (SSSR count). The number of hydrogen-bond acceptors (Lipinski definition) is 4. The molecule has 0 amide bonds. The van der Waals surface area contributed by atoms with Gasteiger partial charge in [0.2, 0.25) is 5.90 Å². The smallest absolute Gasteiger partial charge is 0.219 e. The fourth-order valence-corrected chi connectivity index (χ4v) is 1.18. The number of aliphatic imine (C=N–C) groups is 1. The van der Waals surface area contributed by atoms with Gasteiger partial charge in [-0.3, -0.25) is 5.84 Å². The van der Waals surface area contributed by atoms with Crippen molar-refractivity contribution >= 4 is 5.90 Å². The number of nitrogens with one attached hydrogen (secondary N) is 1. The average molecular weight is 263 g/mol. The van der Waals surface area contributed by atoms with Gasteiger partial charge in [0.1, 0.15) is 0 Å². The number of ether oxygens (including phenoxy) is 1. The molecular formula is C14H18FN3O. The first-order chi connectivity index (χ1) is 9.02. The van der Waals surface area contributed by atoms with Crippen LogP contribution in [-0.4, -0.2) is 5.90 Å². The van der Waals surface area contributed by atoms with Crippen LogP contribution in [0.1, 0.15) is 20.8 Å². The zero-order valence-corrected chi connectivity index (χ0v) is 11.3. The van der Waals surface area contributed by atoms with Crippen LogP contribution in [0.2, 0.25) is 0 Å². The molecular weight excluding hydrogens is 245 g/mol. The van der Waals surface area contributed by atoms with E-state index in [1.165, 1.54) is 12.3 Å². The van der Waals surface area contributed by atoms with E-state index in [1.54, 1.807) is 31.2 Å². The van der Waals surface area contributed by atoms with Crippen molar-refractivity contribution in [2.24, 2.45) is 10.8 Å². The molecule has 0 fully saturated rings. The SMILES string of the molecule is CC(C)=CC(=N/C=C(\C)NN)Oc1ccccc1F. The maximum Gasteiger partial charge on any atom is 0.219 e. The molecule has 0 aliphatic rings. The lowest BCUT2D eigenvalue weighted by molar-refractivity contribution is 0.493. The summed E-state index contributed by atoms with van der Waals surface area (Å²) in [6, 6.07) is 6.17. The molecule has 5 heteroatoms. The monoisotopic (exact) mass is 263 g/mol. The molecule has 1 aromatic carbocycles. The van der Waals surface area contributed by atoms with E-state index >= 15 is 0 Å². The lowest BCUT2D eigenvalue weighted by Gasteiger charge is -2.06. The lowest BCUT2D eigenvalue weighted by Crippen LogP contribution is -2.18. The second kappa shape index (κ2) is 7.33. The van der Waals surface area contributed by atoms with Crippen LogP contribution >= 0.6 is 0 Å². The van der Waals surface area contributed by atoms with Crippen molar-refractivity contribution in [3.8, 4) is 5.75 Å². The molecule has 0 unspecified atom stereocenters. The molecule has 0 bridgehead atoms. The average Bonchev–Trinajstić information content (AvgIpc) is 2.37. The van der Waals surface area contributed by atoms with Gasteiger partial charge in [-0.25, -0.2) is 9.38 Å². The van der Waals surface area contributed by atoms with Gasteiger partial charge in [-0.2, -0.15) is 0 Å². The summed E-state index contributed by atoms with van der Waals surface area (Å²) in [5, 5.41) is 0. The molecule has 102 valence electrons. The summed E-state index contributed by atoms with van der Waals surface area (Å²) in [7, 11) is 0. The second-order valence-corrected chi connectivity index (χ2v) is 4.18. The molecule has 0 spiro atoms. The van der Waals surface area contributed by atoms with Crippen LogP contribution in [0, 0.1) is 5.82 Å². The van der Waals surface area contributed by atoms with Crippen LogP contribution in [0.3, 0.4) is 0 Å². The number of allylic oxidation sites excluding steroid dienone is 2. The van der Waals surface area contributed by atoms with Crippen molar-refractivity contribution in [3.05, 3.63) is 53.6 Å². The van der Waals surface area contributed by atoms with Gasteiger partial charge in [-0.05, 0) is 39.0 Å². The summed E-state index contributed by atoms with van der Waals surface area (Å²) in [4.78, 5) is 4.12. The van der Waals surface area contributed by atoms with E-state index in [-0.39, 0.29) is 5.75 Å². The number of hydrogen-bond donors (Lipinski definition) is 2. The van der Waals surface area contributed by atoms with Crippen molar-refractivity contribution in [1.82, 2.24) is 5.43 Å². The zero-order valence-electron chi connectivity index (χ0n) is 11.3. The molecule has 0 saturated heterocycles. The minimum Gasteiger partial charge on any atom is -0.436 e. The van der Waals surface area contributed by atoms with E-state index in [9.17, 15) is 4.39 Å². The topological polar surface area (TPSA) is 59.6 Å². The number of hydrazine groups is 1. The highest BCUT2D eigenvalue weighted by molar-refractivity contribution is 5.90. The molecule has 1 aromatic rings. The molecule has 4 nitrogen and oxygen atoms in total. The Hall–Kier alpha value is -2.14. The first-order valence-electron chi connectivity index (χ1n) is 5.81. The minimum absolute atomic E-state index is 0.130. The predicted molar refractivity (Wildman–Crippen MR) is 75.0 cm³/mol. The first-order valence-corrected chi connectivity index (χ1v) is 5.81. The van der Waals surface area contributed by atoms with Gasteiger partial charge < -0.3 is 10.2 Å². The molecule has 0 radical (unpaired) electrons.